The first kappa shape index (κ1) is 10.9. The highest BCUT2D eigenvalue weighted by molar-refractivity contribution is 7.14. The number of aromatic carboxylic acids is 1. The smallest absolute Gasteiger partial charge is 0.357 e. The average molecular weight is 216 g/mol. The Balaban J connectivity index is 2.42. The summed E-state index contributed by atoms with van der Waals surface area (Å²) in [5.74, 6) is -1.01. The van der Waals surface area contributed by atoms with Crippen molar-refractivity contribution in [2.75, 3.05) is 25.1 Å². The lowest BCUT2D eigenvalue weighted by atomic mass is 10.4. The third-order valence-electron chi connectivity index (χ3n) is 1.51. The van der Waals surface area contributed by atoms with Crippen LogP contribution in [-0.2, 0) is 4.74 Å². The minimum atomic E-state index is -1.01. The van der Waals surface area contributed by atoms with E-state index in [0.717, 1.165) is 0 Å². The van der Waals surface area contributed by atoms with E-state index in [1.165, 1.54) is 16.8 Å². The van der Waals surface area contributed by atoms with Crippen LogP contribution in [0.5, 0.6) is 0 Å². The van der Waals surface area contributed by atoms with E-state index in [1.807, 2.05) is 6.92 Å². The molecular weight excluding hydrogens is 204 g/mol. The van der Waals surface area contributed by atoms with Crippen LogP contribution in [0, 0.1) is 0 Å². The number of nitrogens with zero attached hydrogens (tertiary/aromatic N) is 1. The molecule has 0 atom stereocenters. The summed E-state index contributed by atoms with van der Waals surface area (Å²) in [6.07, 6.45) is 0. The molecule has 14 heavy (non-hydrogen) atoms. The molecule has 1 rings (SSSR count). The van der Waals surface area contributed by atoms with Gasteiger partial charge in [-0.3, -0.25) is 0 Å². The molecule has 0 aliphatic rings. The van der Waals surface area contributed by atoms with Crippen LogP contribution in [0.1, 0.15) is 17.4 Å². The van der Waals surface area contributed by atoms with Gasteiger partial charge in [0, 0.05) is 13.2 Å². The number of anilines is 1. The number of carboxylic acids is 1. The largest absolute Gasteiger partial charge is 0.476 e. The molecule has 0 unspecified atom stereocenters. The molecule has 0 radical (unpaired) electrons. The van der Waals surface area contributed by atoms with Gasteiger partial charge in [0.1, 0.15) is 5.00 Å². The summed E-state index contributed by atoms with van der Waals surface area (Å²) >= 11 is 1.28. The molecule has 0 amide bonds. The van der Waals surface area contributed by atoms with Gasteiger partial charge in [-0.25, -0.2) is 9.78 Å². The van der Waals surface area contributed by atoms with Crippen LogP contribution in [0.25, 0.3) is 0 Å². The first-order valence-electron chi connectivity index (χ1n) is 4.24. The number of aromatic nitrogens is 1. The van der Waals surface area contributed by atoms with Gasteiger partial charge in [0.15, 0.2) is 5.69 Å². The molecule has 1 heterocycles. The lowest BCUT2D eigenvalue weighted by Gasteiger charge is -2.03. The normalized spacial score (nSPS) is 10.1. The maximum absolute atomic E-state index is 10.6. The van der Waals surface area contributed by atoms with E-state index in [9.17, 15) is 4.79 Å². The monoisotopic (exact) mass is 216 g/mol. The van der Waals surface area contributed by atoms with Crippen LogP contribution in [0.15, 0.2) is 5.51 Å². The van der Waals surface area contributed by atoms with Gasteiger partial charge in [0.05, 0.1) is 12.1 Å². The van der Waals surface area contributed by atoms with Gasteiger partial charge in [-0.1, -0.05) is 0 Å². The zero-order valence-electron chi connectivity index (χ0n) is 7.82. The van der Waals surface area contributed by atoms with Crippen molar-refractivity contribution in [3.8, 4) is 0 Å². The van der Waals surface area contributed by atoms with Gasteiger partial charge in [0.2, 0.25) is 0 Å². The van der Waals surface area contributed by atoms with E-state index < -0.39 is 5.97 Å². The van der Waals surface area contributed by atoms with Crippen molar-refractivity contribution < 1.29 is 14.6 Å². The summed E-state index contributed by atoms with van der Waals surface area (Å²) in [5, 5.41) is 12.3. The summed E-state index contributed by atoms with van der Waals surface area (Å²) in [5.41, 5.74) is 1.58. The summed E-state index contributed by atoms with van der Waals surface area (Å²) in [6.45, 7) is 3.73. The van der Waals surface area contributed by atoms with Crippen LogP contribution in [-0.4, -0.2) is 35.8 Å². The van der Waals surface area contributed by atoms with Crippen LogP contribution in [0.3, 0.4) is 0 Å². The summed E-state index contributed by atoms with van der Waals surface area (Å²) in [6, 6.07) is 0. The van der Waals surface area contributed by atoms with Gasteiger partial charge < -0.3 is 15.2 Å². The molecule has 0 saturated carbocycles. The van der Waals surface area contributed by atoms with Crippen molar-refractivity contribution in [2.45, 2.75) is 6.92 Å². The van der Waals surface area contributed by atoms with E-state index >= 15 is 0 Å². The highest BCUT2D eigenvalue weighted by Crippen LogP contribution is 2.19. The van der Waals surface area contributed by atoms with Gasteiger partial charge in [-0.15, -0.1) is 11.3 Å². The van der Waals surface area contributed by atoms with E-state index in [-0.39, 0.29) is 5.69 Å². The molecule has 78 valence electrons. The predicted octanol–water partition coefficient (Wildman–Crippen LogP) is 1.29. The molecule has 1 aromatic heterocycles. The van der Waals surface area contributed by atoms with E-state index in [1.54, 1.807) is 0 Å². The Morgan fingerprint density at radius 2 is 2.57 bits per heavy atom. The quantitative estimate of drug-likeness (QED) is 0.701. The Morgan fingerprint density at radius 3 is 3.21 bits per heavy atom. The van der Waals surface area contributed by atoms with Crippen molar-refractivity contribution in [1.29, 1.82) is 0 Å². The molecule has 2 N–H and O–H groups in total. The van der Waals surface area contributed by atoms with E-state index in [4.69, 9.17) is 9.84 Å². The molecule has 0 aliphatic carbocycles. The highest BCUT2D eigenvalue weighted by atomic mass is 32.1. The minimum Gasteiger partial charge on any atom is -0.476 e. The second kappa shape index (κ2) is 5.56. The number of carboxylic acid groups (broad SMARTS) is 1. The number of thiazole rings is 1. The Kier molecular flexibility index (Phi) is 4.34. The Hall–Kier alpha value is -1.14. The molecular formula is C8H12N2O3S. The molecule has 0 aromatic carbocycles. The number of rotatable bonds is 6. The van der Waals surface area contributed by atoms with Crippen LogP contribution < -0.4 is 5.32 Å². The first-order valence-corrected chi connectivity index (χ1v) is 5.12. The molecule has 5 nitrogen and oxygen atoms in total. The standard InChI is InChI=1S/C8H12N2O3S/c1-2-13-4-3-9-7-6(8(11)12)10-5-14-7/h5,9H,2-4H2,1H3,(H,11,12). The third-order valence-corrected chi connectivity index (χ3v) is 2.29. The Labute approximate surface area is 85.7 Å². The van der Waals surface area contributed by atoms with Gasteiger partial charge >= 0.3 is 5.97 Å². The van der Waals surface area contributed by atoms with Gasteiger partial charge in [0.25, 0.3) is 0 Å². The fraction of sp³-hybridized carbons (Fsp3) is 0.500. The molecule has 0 fully saturated rings. The number of nitrogens with one attached hydrogen (secondary N) is 1. The zero-order chi connectivity index (χ0) is 10.4. The summed E-state index contributed by atoms with van der Waals surface area (Å²) in [7, 11) is 0. The number of carbonyl (C=O) groups is 1. The third kappa shape index (κ3) is 2.97. The van der Waals surface area contributed by atoms with Crippen LogP contribution in [0.4, 0.5) is 5.00 Å². The van der Waals surface area contributed by atoms with E-state index in [2.05, 4.69) is 10.3 Å². The SMILES string of the molecule is CCOCCNc1scnc1C(=O)O. The van der Waals surface area contributed by atoms with Crippen molar-refractivity contribution >= 4 is 22.3 Å². The molecule has 0 saturated heterocycles. The molecule has 0 aliphatic heterocycles. The first-order chi connectivity index (χ1) is 6.75. The lowest BCUT2D eigenvalue weighted by Crippen LogP contribution is -2.11. The van der Waals surface area contributed by atoms with Gasteiger partial charge in [-0.2, -0.15) is 0 Å². The molecule has 1 aromatic rings. The van der Waals surface area contributed by atoms with Crippen molar-refractivity contribution in [3.05, 3.63) is 11.2 Å². The average Bonchev–Trinajstić information content (AvgIpc) is 2.60. The number of hydrogen-bond acceptors (Lipinski definition) is 5. The fourth-order valence-electron chi connectivity index (χ4n) is 0.905. The van der Waals surface area contributed by atoms with Crippen molar-refractivity contribution in [1.82, 2.24) is 4.98 Å². The number of hydrogen-bond donors (Lipinski definition) is 2. The van der Waals surface area contributed by atoms with E-state index in [0.29, 0.717) is 24.8 Å². The number of ether oxygens (including phenoxy) is 1. The molecule has 6 heteroatoms. The summed E-state index contributed by atoms with van der Waals surface area (Å²) < 4.78 is 5.11. The fourth-order valence-corrected chi connectivity index (χ4v) is 1.61. The second-order valence-corrected chi connectivity index (χ2v) is 3.31. The Morgan fingerprint density at radius 1 is 1.79 bits per heavy atom. The zero-order valence-corrected chi connectivity index (χ0v) is 8.63. The maximum Gasteiger partial charge on any atom is 0.357 e. The summed E-state index contributed by atoms with van der Waals surface area (Å²) in [4.78, 5) is 14.4. The van der Waals surface area contributed by atoms with Crippen LogP contribution >= 0.6 is 11.3 Å². The molecule has 0 spiro atoms. The van der Waals surface area contributed by atoms with Crippen LogP contribution in [0.2, 0.25) is 0 Å². The highest BCUT2D eigenvalue weighted by Gasteiger charge is 2.12. The maximum atomic E-state index is 10.6. The minimum absolute atomic E-state index is 0.0755. The predicted molar refractivity (Wildman–Crippen MR) is 54.1 cm³/mol. The second-order valence-electron chi connectivity index (χ2n) is 2.46. The van der Waals surface area contributed by atoms with Crippen molar-refractivity contribution in [3.63, 3.8) is 0 Å². The van der Waals surface area contributed by atoms with Crippen molar-refractivity contribution in [2.24, 2.45) is 0 Å². The lowest BCUT2D eigenvalue weighted by molar-refractivity contribution is 0.0692. The van der Waals surface area contributed by atoms with Gasteiger partial charge in [-0.05, 0) is 6.92 Å². The Bertz CT molecular complexity index is 301. The molecule has 0 bridgehead atoms. The topological polar surface area (TPSA) is 71.5 Å².